The molecule has 0 radical (unpaired) electrons. The number of benzene rings is 1. The summed E-state index contributed by atoms with van der Waals surface area (Å²) in [6.07, 6.45) is 0.812. The number of hydrogen-bond acceptors (Lipinski definition) is 8. The first kappa shape index (κ1) is 30.1. The number of urea groups is 1. The van der Waals surface area contributed by atoms with Gasteiger partial charge in [-0.25, -0.2) is 18.8 Å². The molecule has 0 aromatic heterocycles. The van der Waals surface area contributed by atoms with Gasteiger partial charge in [0, 0.05) is 30.6 Å². The van der Waals surface area contributed by atoms with Crippen LogP contribution in [0.1, 0.15) is 48.9 Å². The van der Waals surface area contributed by atoms with Crippen molar-refractivity contribution in [2.75, 3.05) is 26.2 Å². The summed E-state index contributed by atoms with van der Waals surface area (Å²) >= 11 is 0. The number of piperidine rings is 1. The van der Waals surface area contributed by atoms with Crippen LogP contribution >= 0.6 is 0 Å². The average Bonchev–Trinajstić information content (AvgIpc) is 2.92. The van der Waals surface area contributed by atoms with Gasteiger partial charge >= 0.3 is 18.0 Å². The Hall–Kier alpha value is -3.42. The van der Waals surface area contributed by atoms with Gasteiger partial charge in [-0.2, -0.15) is 0 Å². The molecule has 4 atom stereocenters. The Labute approximate surface area is 224 Å². The highest BCUT2D eigenvalue weighted by molar-refractivity contribution is 5.99. The van der Waals surface area contributed by atoms with Gasteiger partial charge in [0.2, 0.25) is 5.91 Å². The molecule has 5 N–H and O–H groups in total. The number of carboxylic acid groups (broad SMARTS) is 2. The molecule has 3 aliphatic rings. The number of fused-ring (bicyclic) bond motifs is 1. The monoisotopic (exact) mass is 551 g/mol. The number of nitrogens with zero attached hydrogens (tertiary/aromatic N) is 2. The van der Waals surface area contributed by atoms with Gasteiger partial charge in [0.05, 0.1) is 5.92 Å². The van der Waals surface area contributed by atoms with Crippen LogP contribution in [0.2, 0.25) is 0 Å². The Morgan fingerprint density at radius 3 is 2.03 bits per heavy atom. The number of nitrogens with one attached hydrogen (secondary N) is 1. The van der Waals surface area contributed by atoms with Crippen LogP contribution in [-0.2, 0) is 14.4 Å². The van der Waals surface area contributed by atoms with Crippen molar-refractivity contribution in [3.63, 3.8) is 0 Å². The lowest BCUT2D eigenvalue weighted by Crippen LogP contribution is -2.61. The minimum Gasteiger partial charge on any atom is -0.479 e. The van der Waals surface area contributed by atoms with Crippen molar-refractivity contribution in [2.24, 2.45) is 11.8 Å². The number of aliphatic hydroxyl groups excluding tert-OH is 2. The third-order valence-corrected chi connectivity index (χ3v) is 7.44. The summed E-state index contributed by atoms with van der Waals surface area (Å²) in [5.41, 5.74) is 0.558. The molecule has 12 nitrogen and oxygen atoms in total. The van der Waals surface area contributed by atoms with Crippen LogP contribution in [0, 0.1) is 17.7 Å². The molecule has 2 heterocycles. The minimum atomic E-state index is -2.27. The van der Waals surface area contributed by atoms with E-state index in [4.69, 9.17) is 20.4 Å². The number of amides is 3. The normalized spacial score (nSPS) is 23.5. The van der Waals surface area contributed by atoms with Crippen molar-refractivity contribution >= 4 is 29.7 Å². The largest absolute Gasteiger partial charge is 0.479 e. The molecule has 2 saturated heterocycles. The Morgan fingerprint density at radius 1 is 0.897 bits per heavy atom. The lowest BCUT2D eigenvalue weighted by molar-refractivity contribution is -0.165. The second kappa shape index (κ2) is 13.6. The second-order valence-electron chi connectivity index (χ2n) is 9.99. The predicted octanol–water partition coefficient (Wildman–Crippen LogP) is 0.708. The fraction of sp³-hybridized carbons (Fsp3) is 0.577. The molecule has 0 spiro atoms. The number of rotatable bonds is 8. The summed E-state index contributed by atoms with van der Waals surface area (Å²) in [4.78, 5) is 60.8. The zero-order valence-corrected chi connectivity index (χ0v) is 21.4. The van der Waals surface area contributed by atoms with E-state index in [-0.39, 0.29) is 41.4 Å². The number of carbonyl (C=O) groups is 5. The number of hydrogen-bond donors (Lipinski definition) is 5. The number of carboxylic acids is 2. The number of halogens is 1. The van der Waals surface area contributed by atoms with E-state index >= 15 is 0 Å². The molecule has 1 aliphatic carbocycles. The van der Waals surface area contributed by atoms with Crippen molar-refractivity contribution in [2.45, 2.75) is 56.8 Å². The van der Waals surface area contributed by atoms with E-state index in [1.807, 2.05) is 0 Å². The predicted molar refractivity (Wildman–Crippen MR) is 133 cm³/mol. The summed E-state index contributed by atoms with van der Waals surface area (Å²) in [5, 5.41) is 35.5. The zero-order valence-electron chi connectivity index (χ0n) is 21.4. The molecule has 39 heavy (non-hydrogen) atoms. The smallest absolute Gasteiger partial charge is 0.335 e. The molecule has 1 saturated carbocycles. The van der Waals surface area contributed by atoms with Gasteiger partial charge in [-0.05, 0) is 63.0 Å². The highest BCUT2D eigenvalue weighted by Crippen LogP contribution is 2.29. The van der Waals surface area contributed by atoms with E-state index in [0.717, 1.165) is 51.6 Å². The maximum absolute atomic E-state index is 13.1. The number of imide groups is 1. The standard InChI is InChI=1S/C22H28FN3O3.C4H6O6/c23-17-7-5-15(6-8-17)20(27)16-9-11-25(12-10-16)13-14-26-21(28)18-3-1-2-4-19(18)24-22(26)29;5-1(3(7)8)2(6)4(9)10/h5-8,16,18-19H,1-4,9-14H2,(H,24,29);1-2,5-6H,(H,7,8)(H,9,10). The maximum Gasteiger partial charge on any atom is 0.335 e. The molecule has 4 unspecified atom stereocenters. The van der Waals surface area contributed by atoms with Gasteiger partial charge in [0.25, 0.3) is 0 Å². The third-order valence-electron chi connectivity index (χ3n) is 7.44. The summed E-state index contributed by atoms with van der Waals surface area (Å²) in [6.45, 7) is 2.54. The maximum atomic E-state index is 13.1. The van der Waals surface area contributed by atoms with E-state index in [9.17, 15) is 28.4 Å². The van der Waals surface area contributed by atoms with E-state index in [1.54, 1.807) is 12.1 Å². The molecule has 1 aromatic carbocycles. The van der Waals surface area contributed by atoms with Gasteiger partial charge in [0.1, 0.15) is 5.82 Å². The molecule has 214 valence electrons. The van der Waals surface area contributed by atoms with Crippen LogP contribution in [0.25, 0.3) is 0 Å². The Bertz CT molecular complexity index is 1040. The van der Waals surface area contributed by atoms with Crippen LogP contribution < -0.4 is 5.32 Å². The first-order valence-electron chi connectivity index (χ1n) is 12.9. The van der Waals surface area contributed by atoms with Crippen LogP contribution in [0.4, 0.5) is 9.18 Å². The zero-order chi connectivity index (χ0) is 28.7. The van der Waals surface area contributed by atoms with Crippen LogP contribution in [0.3, 0.4) is 0 Å². The lowest BCUT2D eigenvalue weighted by atomic mass is 9.82. The summed E-state index contributed by atoms with van der Waals surface area (Å²) in [5.74, 6) is -3.96. The second-order valence-corrected chi connectivity index (χ2v) is 9.99. The fourth-order valence-corrected chi connectivity index (χ4v) is 5.13. The molecule has 3 amide bonds. The highest BCUT2D eigenvalue weighted by Gasteiger charge is 2.42. The van der Waals surface area contributed by atoms with Crippen LogP contribution in [-0.4, -0.2) is 104 Å². The summed E-state index contributed by atoms with van der Waals surface area (Å²) < 4.78 is 13.1. The van der Waals surface area contributed by atoms with Gasteiger partial charge < -0.3 is 30.6 Å². The Morgan fingerprint density at radius 2 is 1.46 bits per heavy atom. The average molecular weight is 552 g/mol. The summed E-state index contributed by atoms with van der Waals surface area (Å²) in [6, 6.07) is 5.47. The fourth-order valence-electron chi connectivity index (χ4n) is 5.13. The number of aliphatic hydroxyl groups is 2. The van der Waals surface area contributed by atoms with E-state index in [0.29, 0.717) is 18.7 Å². The number of ketones is 1. The molecule has 2 aliphatic heterocycles. The van der Waals surface area contributed by atoms with Gasteiger partial charge in [-0.1, -0.05) is 12.8 Å². The van der Waals surface area contributed by atoms with Gasteiger partial charge in [-0.15, -0.1) is 0 Å². The van der Waals surface area contributed by atoms with Crippen molar-refractivity contribution in [1.82, 2.24) is 15.1 Å². The molecule has 1 aromatic rings. The van der Waals surface area contributed by atoms with Crippen molar-refractivity contribution < 1.29 is 48.8 Å². The van der Waals surface area contributed by atoms with Crippen LogP contribution in [0.15, 0.2) is 24.3 Å². The lowest BCUT2D eigenvalue weighted by Gasteiger charge is -2.40. The van der Waals surface area contributed by atoms with Crippen molar-refractivity contribution in [3.05, 3.63) is 35.6 Å². The third kappa shape index (κ3) is 7.80. The Balaban J connectivity index is 0.000000360. The minimum absolute atomic E-state index is 0.00761. The van der Waals surface area contributed by atoms with Crippen molar-refractivity contribution in [1.29, 1.82) is 0 Å². The van der Waals surface area contributed by atoms with E-state index in [1.165, 1.54) is 17.0 Å². The quantitative estimate of drug-likeness (QED) is 0.288. The van der Waals surface area contributed by atoms with E-state index in [2.05, 4.69) is 10.2 Å². The van der Waals surface area contributed by atoms with Crippen molar-refractivity contribution in [3.8, 4) is 0 Å². The molecular weight excluding hydrogens is 517 g/mol. The first-order chi connectivity index (χ1) is 18.5. The topological polar surface area (TPSA) is 185 Å². The molecule has 13 heteroatoms. The first-order valence-corrected chi connectivity index (χ1v) is 12.9. The molecule has 4 rings (SSSR count). The SMILES string of the molecule is O=C(O)C(O)C(O)C(=O)O.O=C(c1ccc(F)cc1)C1CCN(CCN2C(=O)NC3CCCCC3C2=O)CC1. The van der Waals surface area contributed by atoms with Gasteiger partial charge in [0.15, 0.2) is 18.0 Å². The van der Waals surface area contributed by atoms with Gasteiger partial charge in [-0.3, -0.25) is 14.5 Å². The highest BCUT2D eigenvalue weighted by atomic mass is 19.1. The molecular formula is C26H34FN3O9. The molecule has 0 bridgehead atoms. The Kier molecular flexibility index (Phi) is 10.5. The number of Topliss-reactive ketones (excluding diaryl/α,β-unsaturated/α-hetero) is 1. The van der Waals surface area contributed by atoms with Crippen LogP contribution in [0.5, 0.6) is 0 Å². The van der Waals surface area contributed by atoms with E-state index < -0.39 is 24.1 Å². The molecule has 3 fully saturated rings. The summed E-state index contributed by atoms with van der Waals surface area (Å²) in [7, 11) is 0. The number of likely N-dealkylation sites (tertiary alicyclic amines) is 1. The number of carbonyl (C=O) groups excluding carboxylic acids is 3. The number of aliphatic carboxylic acids is 2.